The molecule has 3 aromatic rings. The molecule has 1 aromatic heterocycles. The van der Waals surface area contributed by atoms with E-state index in [4.69, 9.17) is 11.6 Å². The predicted molar refractivity (Wildman–Crippen MR) is 103 cm³/mol. The zero-order valence-corrected chi connectivity index (χ0v) is 15.6. The highest BCUT2D eigenvalue weighted by Crippen LogP contribution is 2.44. The minimum absolute atomic E-state index is 0.261. The maximum absolute atomic E-state index is 11.1. The van der Waals surface area contributed by atoms with Crippen molar-refractivity contribution in [1.29, 1.82) is 0 Å². The van der Waals surface area contributed by atoms with Gasteiger partial charge in [-0.3, -0.25) is 0 Å². The topological polar surface area (TPSA) is 50.9 Å². The van der Waals surface area contributed by atoms with Gasteiger partial charge < -0.3 is 5.11 Å². The Hall–Kier alpha value is -2.07. The van der Waals surface area contributed by atoms with Crippen molar-refractivity contribution < 1.29 is 5.11 Å². The third-order valence-corrected chi connectivity index (χ3v) is 4.91. The average molecular weight is 358 g/mol. The summed E-state index contributed by atoms with van der Waals surface area (Å²) in [6, 6.07) is 9.75. The second-order valence-electron chi connectivity index (χ2n) is 6.35. The predicted octanol–water partition coefficient (Wildman–Crippen LogP) is 5.60. The summed E-state index contributed by atoms with van der Waals surface area (Å²) >= 11 is 6.66. The highest BCUT2D eigenvalue weighted by molar-refractivity contribution is 6.38. The van der Waals surface area contributed by atoms with Crippen molar-refractivity contribution in [3.63, 3.8) is 0 Å². The summed E-state index contributed by atoms with van der Waals surface area (Å²) in [6.07, 6.45) is 4.94. The molecule has 132 valence electrons. The van der Waals surface area contributed by atoms with E-state index in [0.717, 1.165) is 55.3 Å². The van der Waals surface area contributed by atoms with E-state index in [1.807, 2.05) is 35.0 Å². The maximum atomic E-state index is 11.1. The molecule has 0 spiro atoms. The third-order valence-electron chi connectivity index (χ3n) is 4.54. The van der Waals surface area contributed by atoms with E-state index in [0.29, 0.717) is 16.1 Å². The second kappa shape index (κ2) is 7.87. The molecular weight excluding hydrogens is 334 g/mol. The number of aryl methyl sites for hydroxylation is 2. The van der Waals surface area contributed by atoms with Crippen LogP contribution in [0.1, 0.15) is 45.1 Å². The molecule has 1 N–H and O–H groups in total. The van der Waals surface area contributed by atoms with Crippen LogP contribution in [0.3, 0.4) is 0 Å². The first-order valence-corrected chi connectivity index (χ1v) is 9.38. The van der Waals surface area contributed by atoms with E-state index in [1.165, 1.54) is 0 Å². The van der Waals surface area contributed by atoms with Crippen LogP contribution in [0, 0.1) is 0 Å². The minimum Gasteiger partial charge on any atom is -0.507 e. The van der Waals surface area contributed by atoms with Crippen LogP contribution in [0.15, 0.2) is 30.3 Å². The van der Waals surface area contributed by atoms with Gasteiger partial charge in [0.25, 0.3) is 0 Å². The first-order valence-electron chi connectivity index (χ1n) is 9.00. The van der Waals surface area contributed by atoms with Crippen LogP contribution in [-0.2, 0) is 13.0 Å². The summed E-state index contributed by atoms with van der Waals surface area (Å²) in [6.45, 7) is 5.08. The molecule has 5 heteroatoms. The fraction of sp³-hybridized carbons (Fsp3) is 0.400. The van der Waals surface area contributed by atoms with Crippen LogP contribution >= 0.6 is 11.6 Å². The van der Waals surface area contributed by atoms with Crippen molar-refractivity contribution in [2.75, 3.05) is 0 Å². The fourth-order valence-electron chi connectivity index (χ4n) is 3.17. The number of nitrogens with zero attached hydrogens (tertiary/aromatic N) is 3. The van der Waals surface area contributed by atoms with E-state index < -0.39 is 0 Å². The molecule has 0 atom stereocenters. The summed E-state index contributed by atoms with van der Waals surface area (Å²) in [5.41, 5.74) is 4.02. The summed E-state index contributed by atoms with van der Waals surface area (Å²) in [7, 11) is 0. The number of fused-ring (bicyclic) bond motifs is 1. The molecule has 0 aliphatic heterocycles. The van der Waals surface area contributed by atoms with Crippen molar-refractivity contribution in [3.8, 4) is 16.9 Å². The second-order valence-corrected chi connectivity index (χ2v) is 6.73. The Labute approximate surface area is 153 Å². The van der Waals surface area contributed by atoms with Crippen LogP contribution in [0.4, 0.5) is 0 Å². The van der Waals surface area contributed by atoms with E-state index in [2.05, 4.69) is 24.2 Å². The lowest BCUT2D eigenvalue weighted by Crippen LogP contribution is -2.03. The molecule has 0 aliphatic carbocycles. The monoisotopic (exact) mass is 357 g/mol. The lowest BCUT2D eigenvalue weighted by atomic mass is 9.96. The van der Waals surface area contributed by atoms with Gasteiger partial charge in [-0.1, -0.05) is 73.8 Å². The average Bonchev–Trinajstić information content (AvgIpc) is 3.05. The van der Waals surface area contributed by atoms with Crippen LogP contribution in [0.5, 0.6) is 5.75 Å². The van der Waals surface area contributed by atoms with E-state index >= 15 is 0 Å². The molecule has 0 bridgehead atoms. The summed E-state index contributed by atoms with van der Waals surface area (Å²) < 4.78 is 1.89. The highest BCUT2D eigenvalue weighted by Gasteiger charge is 2.23. The van der Waals surface area contributed by atoms with Crippen LogP contribution < -0.4 is 0 Å². The van der Waals surface area contributed by atoms with Gasteiger partial charge in [-0.2, -0.15) is 0 Å². The molecule has 0 unspecified atom stereocenters. The van der Waals surface area contributed by atoms with Gasteiger partial charge >= 0.3 is 0 Å². The van der Waals surface area contributed by atoms with Gasteiger partial charge in [-0.15, -0.1) is 5.10 Å². The summed E-state index contributed by atoms with van der Waals surface area (Å²) in [5, 5.41) is 20.2. The number of benzene rings is 2. The number of hydrogen-bond donors (Lipinski definition) is 1. The van der Waals surface area contributed by atoms with Gasteiger partial charge in [0.2, 0.25) is 0 Å². The van der Waals surface area contributed by atoms with Crippen molar-refractivity contribution in [1.82, 2.24) is 15.0 Å². The Balaban J connectivity index is 2.26. The molecule has 0 saturated carbocycles. The smallest absolute Gasteiger partial charge is 0.132 e. The lowest BCUT2D eigenvalue weighted by molar-refractivity contribution is 0.469. The van der Waals surface area contributed by atoms with E-state index in [-0.39, 0.29) is 5.75 Å². The van der Waals surface area contributed by atoms with Crippen molar-refractivity contribution in [2.24, 2.45) is 0 Å². The fourth-order valence-corrected chi connectivity index (χ4v) is 3.49. The van der Waals surface area contributed by atoms with Crippen LogP contribution in [0.2, 0.25) is 5.02 Å². The number of hydrogen-bond acceptors (Lipinski definition) is 3. The van der Waals surface area contributed by atoms with E-state index in [9.17, 15) is 5.11 Å². The number of phenolic OH excluding ortho intramolecular Hbond substituents is 1. The first-order chi connectivity index (χ1) is 12.2. The molecule has 0 aliphatic rings. The Bertz CT molecular complexity index is 858. The molecule has 3 rings (SSSR count). The van der Waals surface area contributed by atoms with Gasteiger partial charge in [0.15, 0.2) is 0 Å². The number of halogens is 1. The maximum Gasteiger partial charge on any atom is 0.132 e. The van der Waals surface area contributed by atoms with Gasteiger partial charge in [-0.05, 0) is 24.8 Å². The number of aromatic hydroxyl groups is 1. The lowest BCUT2D eigenvalue weighted by Gasteiger charge is -2.15. The highest BCUT2D eigenvalue weighted by atomic mass is 35.5. The number of aromatic nitrogens is 3. The quantitative estimate of drug-likeness (QED) is 0.598. The van der Waals surface area contributed by atoms with Crippen molar-refractivity contribution in [3.05, 3.63) is 40.9 Å². The van der Waals surface area contributed by atoms with Gasteiger partial charge in [0.1, 0.15) is 11.3 Å². The number of rotatable bonds is 7. The molecule has 0 amide bonds. The minimum atomic E-state index is 0.261. The van der Waals surface area contributed by atoms with Gasteiger partial charge in [0.05, 0.1) is 10.5 Å². The molecule has 2 aromatic carbocycles. The SMILES string of the molecule is CCCCc1c(O)c(-c2ccccc2)c(Cl)c2nnn(CCCC)c12. The third kappa shape index (κ3) is 3.36. The van der Waals surface area contributed by atoms with E-state index in [1.54, 1.807) is 0 Å². The molecule has 25 heavy (non-hydrogen) atoms. The molecule has 0 fully saturated rings. The van der Waals surface area contributed by atoms with Gasteiger partial charge in [0, 0.05) is 17.7 Å². The Morgan fingerprint density at radius 1 is 1.08 bits per heavy atom. The molecule has 0 radical (unpaired) electrons. The van der Waals surface area contributed by atoms with Crippen LogP contribution in [-0.4, -0.2) is 20.1 Å². The summed E-state index contributed by atoms with van der Waals surface area (Å²) in [5.74, 6) is 0.261. The Kier molecular flexibility index (Phi) is 5.59. The van der Waals surface area contributed by atoms with Crippen molar-refractivity contribution >= 4 is 22.6 Å². The molecule has 1 heterocycles. The normalized spacial score (nSPS) is 11.3. The molecule has 0 saturated heterocycles. The molecule has 4 nitrogen and oxygen atoms in total. The van der Waals surface area contributed by atoms with Crippen LogP contribution in [0.25, 0.3) is 22.2 Å². The Morgan fingerprint density at radius 3 is 2.48 bits per heavy atom. The molecular formula is C20H24ClN3O. The number of unbranched alkanes of at least 4 members (excludes halogenated alkanes) is 2. The standard InChI is InChI=1S/C20H24ClN3O/c1-3-5-12-15-19-18(22-23-24(19)13-6-4-2)17(21)16(20(15)25)14-10-8-7-9-11-14/h7-11,25H,3-6,12-13H2,1-2H3. The zero-order chi connectivity index (χ0) is 17.8. The zero-order valence-electron chi connectivity index (χ0n) is 14.8. The summed E-state index contributed by atoms with van der Waals surface area (Å²) in [4.78, 5) is 0. The Morgan fingerprint density at radius 2 is 1.80 bits per heavy atom. The van der Waals surface area contributed by atoms with Gasteiger partial charge in [-0.25, -0.2) is 4.68 Å². The largest absolute Gasteiger partial charge is 0.507 e. The first kappa shape index (κ1) is 17.7. The number of phenols is 1. The van der Waals surface area contributed by atoms with Crippen molar-refractivity contribution in [2.45, 2.75) is 52.5 Å².